The summed E-state index contributed by atoms with van der Waals surface area (Å²) in [6.45, 7) is 1.97. The number of aromatic nitrogens is 1. The third-order valence-corrected chi connectivity index (χ3v) is 5.28. The molecule has 0 unspecified atom stereocenters. The van der Waals surface area contributed by atoms with Crippen molar-refractivity contribution in [1.82, 2.24) is 4.98 Å². The molecule has 6 heteroatoms. The van der Waals surface area contributed by atoms with E-state index >= 15 is 0 Å². The maximum atomic E-state index is 10.8. The topological polar surface area (TPSA) is 47.0 Å². The van der Waals surface area contributed by atoms with Gasteiger partial charge >= 0.3 is 0 Å². The molecule has 2 aromatic carbocycles. The molecule has 0 atom stereocenters. The minimum atomic E-state index is -2.42. The summed E-state index contributed by atoms with van der Waals surface area (Å²) in [5.41, 5.74) is 4.38. The van der Waals surface area contributed by atoms with Crippen LogP contribution in [0.25, 0.3) is 10.9 Å². The minimum Gasteiger partial charge on any atom is -0.235 e. The van der Waals surface area contributed by atoms with E-state index in [1.165, 1.54) is 0 Å². The maximum Gasteiger partial charge on any atom is 0.144 e. The molecule has 0 bridgehead atoms. The van der Waals surface area contributed by atoms with Gasteiger partial charge in [-0.25, -0.2) is 13.4 Å². The highest BCUT2D eigenvalue weighted by atomic mass is 35.5. The molecule has 0 aliphatic carbocycles. The SMILES string of the molecule is Cc1cccc2c(Cl)c(Cc3ccc(C[SH](=O)=O)cc3)c(Cl)nc12. The first kappa shape index (κ1) is 17.2. The van der Waals surface area contributed by atoms with Crippen LogP contribution >= 0.6 is 23.2 Å². The molecule has 0 saturated heterocycles. The molecule has 3 rings (SSSR count). The number of hydrogen-bond acceptors (Lipinski definition) is 3. The molecule has 0 radical (unpaired) electrons. The lowest BCUT2D eigenvalue weighted by molar-refractivity contribution is 0.614. The van der Waals surface area contributed by atoms with Gasteiger partial charge in [0.05, 0.1) is 16.3 Å². The van der Waals surface area contributed by atoms with Gasteiger partial charge in [0.2, 0.25) is 0 Å². The normalized spacial score (nSPS) is 11.3. The summed E-state index contributed by atoms with van der Waals surface area (Å²) in [7, 11) is -2.42. The zero-order valence-electron chi connectivity index (χ0n) is 12.9. The van der Waals surface area contributed by atoms with Gasteiger partial charge in [-0.3, -0.25) is 0 Å². The Morgan fingerprint density at radius 2 is 1.67 bits per heavy atom. The van der Waals surface area contributed by atoms with Crippen molar-refractivity contribution >= 4 is 44.8 Å². The quantitative estimate of drug-likeness (QED) is 0.534. The summed E-state index contributed by atoms with van der Waals surface area (Å²) in [5.74, 6) is 0.0495. The van der Waals surface area contributed by atoms with Crippen LogP contribution in [0.5, 0.6) is 0 Å². The number of para-hydroxylation sites is 1. The van der Waals surface area contributed by atoms with Gasteiger partial charge in [0, 0.05) is 17.4 Å². The summed E-state index contributed by atoms with van der Waals surface area (Å²) in [5, 5.41) is 1.89. The van der Waals surface area contributed by atoms with Gasteiger partial charge in [0.25, 0.3) is 0 Å². The second-order valence-electron chi connectivity index (χ2n) is 5.65. The van der Waals surface area contributed by atoms with Gasteiger partial charge in [-0.2, -0.15) is 0 Å². The fourth-order valence-corrected chi connectivity index (χ4v) is 3.78. The number of rotatable bonds is 4. The molecule has 3 nitrogen and oxygen atoms in total. The first-order valence-corrected chi connectivity index (χ1v) is 9.50. The predicted octanol–water partition coefficient (Wildman–Crippen LogP) is 4.55. The van der Waals surface area contributed by atoms with E-state index in [0.29, 0.717) is 16.6 Å². The third-order valence-electron chi connectivity index (χ3n) is 3.91. The molecule has 0 N–H and O–H groups in total. The fraction of sp³-hybridized carbons (Fsp3) is 0.167. The van der Waals surface area contributed by atoms with Crippen molar-refractivity contribution in [3.8, 4) is 0 Å². The van der Waals surface area contributed by atoms with Gasteiger partial charge < -0.3 is 0 Å². The van der Waals surface area contributed by atoms with Crippen LogP contribution in [-0.2, 0) is 22.9 Å². The first-order chi connectivity index (χ1) is 11.5. The number of pyridine rings is 1. The zero-order valence-corrected chi connectivity index (χ0v) is 15.3. The summed E-state index contributed by atoms with van der Waals surface area (Å²) in [4.78, 5) is 4.49. The Labute approximate surface area is 152 Å². The Morgan fingerprint density at radius 1 is 1.00 bits per heavy atom. The van der Waals surface area contributed by atoms with E-state index in [1.54, 1.807) is 12.1 Å². The highest BCUT2D eigenvalue weighted by Crippen LogP contribution is 2.33. The van der Waals surface area contributed by atoms with Crippen molar-refractivity contribution in [3.05, 3.63) is 74.9 Å². The van der Waals surface area contributed by atoms with Gasteiger partial charge in [-0.1, -0.05) is 65.7 Å². The highest BCUT2D eigenvalue weighted by Gasteiger charge is 2.14. The second-order valence-corrected chi connectivity index (χ2v) is 7.37. The van der Waals surface area contributed by atoms with Crippen molar-refractivity contribution in [1.29, 1.82) is 0 Å². The molecule has 0 amide bonds. The Morgan fingerprint density at radius 3 is 2.33 bits per heavy atom. The van der Waals surface area contributed by atoms with E-state index in [-0.39, 0.29) is 5.75 Å². The molecular formula is C18H15Cl2NO2S. The monoisotopic (exact) mass is 379 g/mol. The van der Waals surface area contributed by atoms with Crippen molar-refractivity contribution in [2.24, 2.45) is 0 Å². The molecule has 1 heterocycles. The van der Waals surface area contributed by atoms with E-state index in [2.05, 4.69) is 4.98 Å². The smallest absolute Gasteiger partial charge is 0.144 e. The molecule has 0 aliphatic heterocycles. The molecule has 0 spiro atoms. The van der Waals surface area contributed by atoms with Crippen molar-refractivity contribution < 1.29 is 8.42 Å². The lowest BCUT2D eigenvalue weighted by Gasteiger charge is -2.11. The Hall–Kier alpha value is -1.62. The number of nitrogens with zero attached hydrogens (tertiary/aromatic N) is 1. The molecule has 0 fully saturated rings. The number of hydrogen-bond donors (Lipinski definition) is 1. The predicted molar refractivity (Wildman–Crippen MR) is 99.8 cm³/mol. The third kappa shape index (κ3) is 3.56. The van der Waals surface area contributed by atoms with Crippen molar-refractivity contribution in [2.45, 2.75) is 19.1 Å². The van der Waals surface area contributed by atoms with Crippen LogP contribution in [0.1, 0.15) is 22.3 Å². The average molecular weight is 380 g/mol. The Kier molecular flexibility index (Phi) is 5.09. The number of fused-ring (bicyclic) bond motifs is 1. The number of aryl methyl sites for hydroxylation is 1. The molecule has 0 aliphatic rings. The van der Waals surface area contributed by atoms with Gasteiger partial charge in [0.15, 0.2) is 0 Å². The van der Waals surface area contributed by atoms with Crippen LogP contribution < -0.4 is 0 Å². The summed E-state index contributed by atoms with van der Waals surface area (Å²) < 4.78 is 21.6. The summed E-state index contributed by atoms with van der Waals surface area (Å²) >= 11 is 12.9. The maximum absolute atomic E-state index is 10.8. The molecule has 24 heavy (non-hydrogen) atoms. The lowest BCUT2D eigenvalue weighted by atomic mass is 10.0. The van der Waals surface area contributed by atoms with Gasteiger partial charge in [-0.05, 0) is 23.6 Å². The molecule has 3 aromatic rings. The second kappa shape index (κ2) is 7.09. The van der Waals surface area contributed by atoms with Gasteiger partial charge in [-0.15, -0.1) is 0 Å². The van der Waals surface area contributed by atoms with E-state index in [4.69, 9.17) is 23.2 Å². The van der Waals surface area contributed by atoms with Crippen molar-refractivity contribution in [2.75, 3.05) is 0 Å². The molecule has 1 aromatic heterocycles. The van der Waals surface area contributed by atoms with Crippen molar-refractivity contribution in [3.63, 3.8) is 0 Å². The largest absolute Gasteiger partial charge is 0.235 e. The van der Waals surface area contributed by atoms with Crippen LogP contribution in [0.2, 0.25) is 10.2 Å². The molecule has 0 saturated carbocycles. The fourth-order valence-electron chi connectivity index (χ4n) is 2.67. The number of benzene rings is 2. The van der Waals surface area contributed by atoms with Crippen LogP contribution in [0.4, 0.5) is 0 Å². The summed E-state index contributed by atoms with van der Waals surface area (Å²) in [6, 6.07) is 13.2. The number of thiol groups is 1. The molecular weight excluding hydrogens is 365 g/mol. The van der Waals surface area contributed by atoms with Gasteiger partial charge in [0.1, 0.15) is 15.9 Å². The minimum absolute atomic E-state index is 0.0495. The van der Waals surface area contributed by atoms with Crippen LogP contribution in [0.3, 0.4) is 0 Å². The highest BCUT2D eigenvalue weighted by molar-refractivity contribution is 7.71. The Bertz CT molecular complexity index is 974. The van der Waals surface area contributed by atoms with Crippen LogP contribution in [0, 0.1) is 6.92 Å². The summed E-state index contributed by atoms with van der Waals surface area (Å²) in [6.07, 6.45) is 0.540. The standard InChI is InChI=1S/C18H15Cl2NO2S/c1-11-3-2-4-14-16(19)15(18(20)21-17(11)14)9-12-5-7-13(8-6-12)10-24(22)23/h2-8,24H,9-10H2,1H3. The van der Waals surface area contributed by atoms with E-state index < -0.39 is 10.7 Å². The van der Waals surface area contributed by atoms with Crippen LogP contribution in [-0.4, -0.2) is 13.4 Å². The van der Waals surface area contributed by atoms with E-state index in [0.717, 1.165) is 33.2 Å². The number of halogens is 2. The molecule has 124 valence electrons. The zero-order chi connectivity index (χ0) is 17.3. The lowest BCUT2D eigenvalue weighted by Crippen LogP contribution is -1.97. The average Bonchev–Trinajstić information content (AvgIpc) is 2.54. The van der Waals surface area contributed by atoms with Crippen LogP contribution in [0.15, 0.2) is 42.5 Å². The van der Waals surface area contributed by atoms with E-state index in [9.17, 15) is 8.42 Å². The van der Waals surface area contributed by atoms with E-state index in [1.807, 2.05) is 37.3 Å². The first-order valence-electron chi connectivity index (χ1n) is 7.38. The Balaban J connectivity index is 1.98.